The van der Waals surface area contributed by atoms with Gasteiger partial charge in [-0.25, -0.2) is 4.39 Å². The molecule has 1 amide bonds. The molecule has 21 heavy (non-hydrogen) atoms. The Morgan fingerprint density at radius 3 is 2.19 bits per heavy atom. The summed E-state index contributed by atoms with van der Waals surface area (Å²) < 4.78 is 13.0. The Morgan fingerprint density at radius 2 is 1.76 bits per heavy atom. The SMILES string of the molecule is O=C(CC1(C(=O)O)CCC1)NC1(c2ccc(F)cc2)CC1. The average Bonchev–Trinajstić information content (AvgIpc) is 3.15. The van der Waals surface area contributed by atoms with Crippen molar-refractivity contribution < 1.29 is 19.1 Å². The van der Waals surface area contributed by atoms with E-state index in [1.807, 2.05) is 0 Å². The van der Waals surface area contributed by atoms with Crippen molar-refractivity contribution in [3.63, 3.8) is 0 Å². The Labute approximate surface area is 122 Å². The number of nitrogens with one attached hydrogen (secondary N) is 1. The van der Waals surface area contributed by atoms with Gasteiger partial charge in [-0.05, 0) is 43.4 Å². The molecule has 2 aliphatic carbocycles. The van der Waals surface area contributed by atoms with Crippen LogP contribution < -0.4 is 5.32 Å². The predicted molar refractivity (Wildman–Crippen MR) is 74.0 cm³/mol. The summed E-state index contributed by atoms with van der Waals surface area (Å²) in [6.07, 6.45) is 3.65. The van der Waals surface area contributed by atoms with Crippen molar-refractivity contribution in [2.75, 3.05) is 0 Å². The monoisotopic (exact) mass is 291 g/mol. The molecule has 0 radical (unpaired) electrons. The second-order valence-corrected chi connectivity index (χ2v) is 6.25. The van der Waals surface area contributed by atoms with Gasteiger partial charge in [0.1, 0.15) is 5.82 Å². The molecule has 2 N–H and O–H groups in total. The van der Waals surface area contributed by atoms with Crippen LogP contribution in [0.5, 0.6) is 0 Å². The number of rotatable bonds is 5. The van der Waals surface area contributed by atoms with Gasteiger partial charge in [0.2, 0.25) is 5.91 Å². The first-order valence-corrected chi connectivity index (χ1v) is 7.26. The number of carboxylic acid groups (broad SMARTS) is 1. The van der Waals surface area contributed by atoms with E-state index in [1.165, 1.54) is 12.1 Å². The first-order chi connectivity index (χ1) is 9.96. The maximum atomic E-state index is 13.0. The van der Waals surface area contributed by atoms with Gasteiger partial charge in [0.25, 0.3) is 0 Å². The second kappa shape index (κ2) is 4.83. The topological polar surface area (TPSA) is 66.4 Å². The molecule has 0 unspecified atom stereocenters. The van der Waals surface area contributed by atoms with E-state index < -0.39 is 16.9 Å². The number of benzene rings is 1. The van der Waals surface area contributed by atoms with Crippen molar-refractivity contribution in [2.45, 2.75) is 44.1 Å². The lowest BCUT2D eigenvalue weighted by Crippen LogP contribution is -2.44. The normalized spacial score (nSPS) is 21.2. The minimum absolute atomic E-state index is 0.0330. The third-order valence-electron chi connectivity index (χ3n) is 4.79. The highest BCUT2D eigenvalue weighted by molar-refractivity contribution is 5.86. The molecule has 2 fully saturated rings. The number of carbonyl (C=O) groups excluding carboxylic acids is 1. The number of carbonyl (C=O) groups is 2. The molecule has 4 nitrogen and oxygen atoms in total. The maximum Gasteiger partial charge on any atom is 0.310 e. The van der Waals surface area contributed by atoms with Crippen LogP contribution >= 0.6 is 0 Å². The van der Waals surface area contributed by atoms with Gasteiger partial charge in [-0.1, -0.05) is 18.6 Å². The summed E-state index contributed by atoms with van der Waals surface area (Å²) >= 11 is 0. The molecule has 1 aromatic carbocycles. The highest BCUT2D eigenvalue weighted by Crippen LogP contribution is 2.47. The van der Waals surface area contributed by atoms with Crippen LogP contribution in [-0.2, 0) is 15.1 Å². The van der Waals surface area contributed by atoms with E-state index in [4.69, 9.17) is 0 Å². The van der Waals surface area contributed by atoms with Crippen LogP contribution in [0, 0.1) is 11.2 Å². The molecule has 0 atom stereocenters. The highest BCUT2D eigenvalue weighted by atomic mass is 19.1. The third-order valence-corrected chi connectivity index (χ3v) is 4.79. The summed E-state index contributed by atoms with van der Waals surface area (Å²) in [6, 6.07) is 6.12. The van der Waals surface area contributed by atoms with Gasteiger partial charge in [-0.15, -0.1) is 0 Å². The van der Waals surface area contributed by atoms with E-state index in [2.05, 4.69) is 5.32 Å². The quantitative estimate of drug-likeness (QED) is 0.876. The zero-order chi connectivity index (χ0) is 15.1. The van der Waals surface area contributed by atoms with Crippen molar-refractivity contribution in [3.8, 4) is 0 Å². The fraction of sp³-hybridized carbons (Fsp3) is 0.500. The van der Waals surface area contributed by atoms with Crippen LogP contribution in [0.15, 0.2) is 24.3 Å². The van der Waals surface area contributed by atoms with Crippen LogP contribution in [-0.4, -0.2) is 17.0 Å². The first-order valence-electron chi connectivity index (χ1n) is 7.26. The van der Waals surface area contributed by atoms with Gasteiger partial charge < -0.3 is 10.4 Å². The minimum atomic E-state index is -0.879. The Balaban J connectivity index is 1.67. The number of amides is 1. The average molecular weight is 291 g/mol. The molecule has 112 valence electrons. The van der Waals surface area contributed by atoms with Crippen molar-refractivity contribution in [3.05, 3.63) is 35.6 Å². The van der Waals surface area contributed by atoms with Crippen molar-refractivity contribution in [1.29, 1.82) is 0 Å². The lowest BCUT2D eigenvalue weighted by Gasteiger charge is -2.37. The van der Waals surface area contributed by atoms with Crippen LogP contribution in [0.2, 0.25) is 0 Å². The molecule has 3 rings (SSSR count). The third kappa shape index (κ3) is 2.52. The number of carboxylic acids is 1. The van der Waals surface area contributed by atoms with Crippen LogP contribution in [0.25, 0.3) is 0 Å². The zero-order valence-corrected chi connectivity index (χ0v) is 11.7. The molecule has 0 saturated heterocycles. The Bertz CT molecular complexity index is 574. The van der Waals surface area contributed by atoms with Crippen molar-refractivity contribution in [2.24, 2.45) is 5.41 Å². The number of hydrogen-bond donors (Lipinski definition) is 2. The lowest BCUT2D eigenvalue weighted by molar-refractivity contribution is -0.157. The first kappa shape index (κ1) is 14.0. The number of hydrogen-bond acceptors (Lipinski definition) is 2. The predicted octanol–water partition coefficient (Wildman–Crippen LogP) is 2.58. The molecule has 1 aromatic rings. The van der Waals surface area contributed by atoms with E-state index in [-0.39, 0.29) is 18.1 Å². The van der Waals surface area contributed by atoms with E-state index in [0.29, 0.717) is 12.8 Å². The lowest BCUT2D eigenvalue weighted by atomic mass is 9.66. The van der Waals surface area contributed by atoms with Gasteiger partial charge in [-0.3, -0.25) is 9.59 Å². The smallest absolute Gasteiger partial charge is 0.310 e. The largest absolute Gasteiger partial charge is 0.481 e. The summed E-state index contributed by atoms with van der Waals surface area (Å²) in [6.45, 7) is 0. The van der Waals surface area contributed by atoms with Gasteiger partial charge in [0, 0.05) is 6.42 Å². The Kier molecular flexibility index (Phi) is 3.23. The summed E-state index contributed by atoms with van der Waals surface area (Å²) in [5.41, 5.74) is -0.410. The summed E-state index contributed by atoms with van der Waals surface area (Å²) in [7, 11) is 0. The van der Waals surface area contributed by atoms with E-state index in [1.54, 1.807) is 12.1 Å². The summed E-state index contributed by atoms with van der Waals surface area (Å²) in [4.78, 5) is 23.5. The molecular formula is C16H18FNO3. The molecule has 0 bridgehead atoms. The molecule has 0 spiro atoms. The van der Waals surface area contributed by atoms with Crippen LogP contribution in [0.1, 0.15) is 44.1 Å². The van der Waals surface area contributed by atoms with Crippen LogP contribution in [0.3, 0.4) is 0 Å². The molecule has 0 heterocycles. The highest BCUT2D eigenvalue weighted by Gasteiger charge is 2.49. The molecular weight excluding hydrogens is 273 g/mol. The fourth-order valence-corrected chi connectivity index (χ4v) is 3.07. The molecule has 0 aromatic heterocycles. The Morgan fingerprint density at radius 1 is 1.14 bits per heavy atom. The van der Waals surface area contributed by atoms with Crippen LogP contribution in [0.4, 0.5) is 4.39 Å². The maximum absolute atomic E-state index is 13.0. The summed E-state index contributed by atoms with van der Waals surface area (Å²) in [5, 5.41) is 12.2. The minimum Gasteiger partial charge on any atom is -0.481 e. The van der Waals surface area contributed by atoms with E-state index >= 15 is 0 Å². The number of aliphatic carboxylic acids is 1. The molecule has 5 heteroatoms. The van der Waals surface area contributed by atoms with Crippen molar-refractivity contribution >= 4 is 11.9 Å². The van der Waals surface area contributed by atoms with Crippen molar-refractivity contribution in [1.82, 2.24) is 5.32 Å². The van der Waals surface area contributed by atoms with Gasteiger partial charge in [0.15, 0.2) is 0 Å². The fourth-order valence-electron chi connectivity index (χ4n) is 3.07. The molecule has 2 aliphatic rings. The van der Waals surface area contributed by atoms with Gasteiger partial charge >= 0.3 is 5.97 Å². The summed E-state index contributed by atoms with van der Waals surface area (Å²) in [5.74, 6) is -1.41. The number of halogens is 1. The second-order valence-electron chi connectivity index (χ2n) is 6.25. The molecule has 0 aliphatic heterocycles. The van der Waals surface area contributed by atoms with E-state index in [9.17, 15) is 19.1 Å². The Hall–Kier alpha value is -1.91. The zero-order valence-electron chi connectivity index (χ0n) is 11.7. The molecule has 2 saturated carbocycles. The van der Waals surface area contributed by atoms with E-state index in [0.717, 1.165) is 24.8 Å². The van der Waals surface area contributed by atoms with Gasteiger partial charge in [-0.2, -0.15) is 0 Å². The standard InChI is InChI=1S/C16H18FNO3/c17-12-4-2-11(3-5-12)16(8-9-16)18-13(19)10-15(14(20)21)6-1-7-15/h2-5H,1,6-10H2,(H,18,19)(H,20,21). The van der Waals surface area contributed by atoms with Gasteiger partial charge in [0.05, 0.1) is 11.0 Å².